The zero-order valence-electron chi connectivity index (χ0n) is 15.4. The Morgan fingerprint density at radius 1 is 1.41 bits per heavy atom. The highest BCUT2D eigenvalue weighted by Gasteiger charge is 2.23. The van der Waals surface area contributed by atoms with Crippen molar-refractivity contribution in [1.82, 2.24) is 15.0 Å². The summed E-state index contributed by atoms with van der Waals surface area (Å²) < 4.78 is 6.43. The Morgan fingerprint density at radius 2 is 2.26 bits per heavy atom. The molecule has 140 valence electrons. The second-order valence-electron chi connectivity index (χ2n) is 7.01. The molecule has 2 heterocycles. The maximum atomic E-state index is 13.0. The van der Waals surface area contributed by atoms with Gasteiger partial charge in [-0.15, -0.1) is 16.4 Å². The number of aryl methyl sites for hydroxylation is 1. The number of aromatic nitrogens is 3. The van der Waals surface area contributed by atoms with Crippen LogP contribution in [0.1, 0.15) is 46.6 Å². The van der Waals surface area contributed by atoms with E-state index in [2.05, 4.69) is 17.2 Å². The van der Waals surface area contributed by atoms with Crippen LogP contribution >= 0.6 is 11.3 Å². The van der Waals surface area contributed by atoms with Crippen molar-refractivity contribution in [2.75, 3.05) is 6.61 Å². The number of benzene rings is 1. The second kappa shape index (κ2) is 7.23. The number of thiophene rings is 1. The van der Waals surface area contributed by atoms with Gasteiger partial charge in [0.15, 0.2) is 4.83 Å². The lowest BCUT2D eigenvalue weighted by molar-refractivity contribution is 0.0526. The van der Waals surface area contributed by atoms with E-state index in [-0.39, 0.29) is 18.1 Å². The molecule has 1 atom stereocenters. The van der Waals surface area contributed by atoms with Crippen LogP contribution in [0.3, 0.4) is 0 Å². The van der Waals surface area contributed by atoms with Gasteiger partial charge < -0.3 is 4.74 Å². The molecule has 0 bridgehead atoms. The monoisotopic (exact) mass is 383 g/mol. The summed E-state index contributed by atoms with van der Waals surface area (Å²) in [6.07, 6.45) is 3.04. The fourth-order valence-corrected chi connectivity index (χ4v) is 4.90. The van der Waals surface area contributed by atoms with Gasteiger partial charge in [0.2, 0.25) is 0 Å². The molecule has 1 aromatic carbocycles. The number of ether oxygens (including phenoxy) is 1. The van der Waals surface area contributed by atoms with Gasteiger partial charge in [0, 0.05) is 4.88 Å². The molecular weight excluding hydrogens is 362 g/mol. The van der Waals surface area contributed by atoms with E-state index in [9.17, 15) is 9.59 Å². The number of rotatable bonds is 4. The zero-order valence-corrected chi connectivity index (χ0v) is 16.2. The minimum atomic E-state index is -0.366. The van der Waals surface area contributed by atoms with Gasteiger partial charge >= 0.3 is 5.97 Å². The number of hydrogen-bond donors (Lipinski definition) is 0. The minimum Gasteiger partial charge on any atom is -0.462 e. The molecule has 7 heteroatoms. The topological polar surface area (TPSA) is 74.1 Å². The summed E-state index contributed by atoms with van der Waals surface area (Å²) in [5.74, 6) is 0.278. The van der Waals surface area contributed by atoms with Gasteiger partial charge in [-0.1, -0.05) is 24.3 Å². The van der Waals surface area contributed by atoms with Crippen molar-refractivity contribution in [3.63, 3.8) is 0 Å². The number of esters is 1. The second-order valence-corrected chi connectivity index (χ2v) is 8.09. The normalized spacial score (nSPS) is 16.3. The lowest BCUT2D eigenvalue weighted by Crippen LogP contribution is -2.25. The smallest absolute Gasteiger partial charge is 0.338 e. The van der Waals surface area contributed by atoms with Crippen LogP contribution in [-0.4, -0.2) is 27.6 Å². The van der Waals surface area contributed by atoms with Gasteiger partial charge in [-0.2, -0.15) is 0 Å². The third-order valence-corrected chi connectivity index (χ3v) is 6.09. The Kier molecular flexibility index (Phi) is 4.78. The minimum absolute atomic E-state index is 0.103. The number of carbonyl (C=O) groups is 1. The molecule has 0 saturated carbocycles. The molecule has 2 aromatic heterocycles. The van der Waals surface area contributed by atoms with Crippen molar-refractivity contribution in [3.05, 3.63) is 56.2 Å². The molecular formula is C20H21N3O3S. The highest BCUT2D eigenvalue weighted by Crippen LogP contribution is 2.35. The van der Waals surface area contributed by atoms with Gasteiger partial charge in [-0.3, -0.25) is 4.79 Å². The molecule has 6 nitrogen and oxygen atoms in total. The van der Waals surface area contributed by atoms with Crippen LogP contribution in [0.15, 0.2) is 29.1 Å². The van der Waals surface area contributed by atoms with E-state index in [4.69, 9.17) is 4.74 Å². The van der Waals surface area contributed by atoms with Crippen LogP contribution in [0, 0.1) is 5.92 Å². The summed E-state index contributed by atoms with van der Waals surface area (Å²) in [4.78, 5) is 27.0. The molecule has 1 unspecified atom stereocenters. The predicted molar refractivity (Wildman–Crippen MR) is 104 cm³/mol. The van der Waals surface area contributed by atoms with E-state index in [0.29, 0.717) is 18.1 Å². The SMILES string of the molecule is CCOC(=O)c1cccc(Cn2nnc3sc4c(c3c2=O)CCC(C)C4)c1. The number of nitrogens with zero attached hydrogens (tertiary/aromatic N) is 3. The number of fused-ring (bicyclic) bond motifs is 3. The molecule has 0 amide bonds. The lowest BCUT2D eigenvalue weighted by Gasteiger charge is -2.17. The Balaban J connectivity index is 1.69. The average molecular weight is 383 g/mol. The third kappa shape index (κ3) is 3.39. The van der Waals surface area contributed by atoms with Crippen LogP contribution in [-0.2, 0) is 24.1 Å². The summed E-state index contributed by atoms with van der Waals surface area (Å²) in [5, 5.41) is 9.14. The quantitative estimate of drug-likeness (QED) is 0.647. The molecule has 1 aliphatic rings. The van der Waals surface area contributed by atoms with E-state index in [1.54, 1.807) is 36.5 Å². The molecule has 0 saturated heterocycles. The molecule has 0 spiro atoms. The van der Waals surface area contributed by atoms with Gasteiger partial charge in [0.05, 0.1) is 24.1 Å². The van der Waals surface area contributed by atoms with E-state index >= 15 is 0 Å². The molecule has 0 aliphatic heterocycles. The lowest BCUT2D eigenvalue weighted by atomic mass is 9.89. The number of carbonyl (C=O) groups excluding carboxylic acids is 1. The van der Waals surface area contributed by atoms with Crippen molar-refractivity contribution >= 4 is 27.5 Å². The Hall–Kier alpha value is -2.54. The van der Waals surface area contributed by atoms with Gasteiger partial charge in [-0.05, 0) is 55.4 Å². The maximum absolute atomic E-state index is 13.0. The van der Waals surface area contributed by atoms with Crippen molar-refractivity contribution < 1.29 is 9.53 Å². The fourth-order valence-electron chi connectivity index (χ4n) is 3.58. The van der Waals surface area contributed by atoms with E-state index in [1.165, 1.54) is 9.56 Å². The van der Waals surface area contributed by atoms with Crippen LogP contribution in [0.2, 0.25) is 0 Å². The zero-order chi connectivity index (χ0) is 19.0. The summed E-state index contributed by atoms with van der Waals surface area (Å²) >= 11 is 1.60. The van der Waals surface area contributed by atoms with Gasteiger partial charge in [0.25, 0.3) is 5.56 Å². The van der Waals surface area contributed by atoms with E-state index < -0.39 is 0 Å². The average Bonchev–Trinajstić information content (AvgIpc) is 3.02. The largest absolute Gasteiger partial charge is 0.462 e. The number of hydrogen-bond acceptors (Lipinski definition) is 6. The summed E-state index contributed by atoms with van der Waals surface area (Å²) in [6, 6.07) is 7.09. The van der Waals surface area contributed by atoms with Crippen LogP contribution < -0.4 is 5.56 Å². The Labute approximate surface area is 160 Å². The molecule has 3 aromatic rings. The maximum Gasteiger partial charge on any atom is 0.338 e. The first-order valence-electron chi connectivity index (χ1n) is 9.21. The van der Waals surface area contributed by atoms with Crippen LogP contribution in [0.25, 0.3) is 10.2 Å². The summed E-state index contributed by atoms with van der Waals surface area (Å²) in [5.41, 5.74) is 2.34. The Morgan fingerprint density at radius 3 is 3.07 bits per heavy atom. The van der Waals surface area contributed by atoms with Crippen molar-refractivity contribution in [1.29, 1.82) is 0 Å². The standard InChI is InChI=1S/C20H21N3O3S/c1-3-26-20(25)14-6-4-5-13(10-14)11-23-19(24)17-15-8-7-12(2)9-16(15)27-18(17)21-22-23/h4-6,10,12H,3,7-9,11H2,1-2H3. The summed E-state index contributed by atoms with van der Waals surface area (Å²) in [7, 11) is 0. The van der Waals surface area contributed by atoms with Crippen molar-refractivity contribution in [2.45, 2.75) is 39.7 Å². The van der Waals surface area contributed by atoms with Crippen LogP contribution in [0.4, 0.5) is 0 Å². The molecule has 1 aliphatic carbocycles. The molecule has 4 rings (SSSR count). The first kappa shape index (κ1) is 17.9. The molecule has 0 fully saturated rings. The van der Waals surface area contributed by atoms with E-state index in [1.807, 2.05) is 6.07 Å². The predicted octanol–water partition coefficient (Wildman–Crippen LogP) is 3.20. The first-order valence-corrected chi connectivity index (χ1v) is 10.0. The highest BCUT2D eigenvalue weighted by atomic mass is 32.1. The highest BCUT2D eigenvalue weighted by molar-refractivity contribution is 7.18. The third-order valence-electron chi connectivity index (χ3n) is 4.96. The summed E-state index contributed by atoms with van der Waals surface area (Å²) in [6.45, 7) is 4.62. The van der Waals surface area contributed by atoms with Crippen molar-refractivity contribution in [2.24, 2.45) is 5.92 Å². The Bertz CT molecular complexity index is 1070. The van der Waals surface area contributed by atoms with Crippen molar-refractivity contribution in [3.8, 4) is 0 Å². The fraction of sp³-hybridized carbons (Fsp3) is 0.400. The van der Waals surface area contributed by atoms with Gasteiger partial charge in [-0.25, -0.2) is 9.48 Å². The van der Waals surface area contributed by atoms with Gasteiger partial charge in [0.1, 0.15) is 0 Å². The van der Waals surface area contributed by atoms with Crippen LogP contribution in [0.5, 0.6) is 0 Å². The first-order chi connectivity index (χ1) is 13.1. The molecule has 0 N–H and O–H groups in total. The van der Waals surface area contributed by atoms with E-state index in [0.717, 1.165) is 40.6 Å². The molecule has 27 heavy (non-hydrogen) atoms. The molecule has 0 radical (unpaired) electrons.